The third-order valence-electron chi connectivity index (χ3n) is 4.72. The number of nitrogens with zero attached hydrogens (tertiary/aromatic N) is 2. The fourth-order valence-electron chi connectivity index (χ4n) is 3.26. The zero-order valence-corrected chi connectivity index (χ0v) is 16.1. The van der Waals surface area contributed by atoms with Crippen LogP contribution in [0.1, 0.15) is 65.4 Å². The van der Waals surface area contributed by atoms with Gasteiger partial charge in [-0.3, -0.25) is 9.59 Å². The van der Waals surface area contributed by atoms with E-state index < -0.39 is 0 Å². The number of hydrogen-bond acceptors (Lipinski definition) is 4. The standard InChI is InChI=1S/C20H25N3O2S/c1-3-8-18-21-17(13-26-18)19(24)22-16-11-5-4-10-15(16)20(25)23-12-7-6-9-14(23)2/h4-5,10-11,13-14H,3,6-9,12H2,1-2H3,(H,22,24). The number of likely N-dealkylation sites (tertiary alicyclic amines) is 1. The number of rotatable bonds is 5. The van der Waals surface area contributed by atoms with Crippen molar-refractivity contribution in [3.05, 3.63) is 45.9 Å². The van der Waals surface area contributed by atoms with Crippen LogP contribution in [-0.4, -0.2) is 34.3 Å². The van der Waals surface area contributed by atoms with E-state index in [9.17, 15) is 9.59 Å². The Kier molecular flexibility index (Phi) is 6.04. The minimum atomic E-state index is -0.268. The number of amides is 2. The van der Waals surface area contributed by atoms with E-state index in [4.69, 9.17) is 0 Å². The second-order valence-electron chi connectivity index (χ2n) is 6.72. The smallest absolute Gasteiger partial charge is 0.275 e. The van der Waals surface area contributed by atoms with Crippen LogP contribution in [0.5, 0.6) is 0 Å². The molecular formula is C20H25N3O2S. The monoisotopic (exact) mass is 371 g/mol. The molecule has 0 radical (unpaired) electrons. The highest BCUT2D eigenvalue weighted by Crippen LogP contribution is 2.24. The average molecular weight is 372 g/mol. The summed E-state index contributed by atoms with van der Waals surface area (Å²) in [6.07, 6.45) is 5.09. The van der Waals surface area contributed by atoms with E-state index in [2.05, 4.69) is 24.1 Å². The SMILES string of the molecule is CCCc1nc(C(=O)Nc2ccccc2C(=O)N2CCCCC2C)cs1. The number of aryl methyl sites for hydroxylation is 1. The number of carbonyl (C=O) groups is 2. The van der Waals surface area contributed by atoms with Crippen molar-refractivity contribution in [2.24, 2.45) is 0 Å². The Morgan fingerprint density at radius 1 is 1.31 bits per heavy atom. The van der Waals surface area contributed by atoms with Crippen molar-refractivity contribution in [1.82, 2.24) is 9.88 Å². The average Bonchev–Trinajstić information content (AvgIpc) is 3.11. The molecule has 2 heterocycles. The summed E-state index contributed by atoms with van der Waals surface area (Å²) in [6, 6.07) is 7.45. The summed E-state index contributed by atoms with van der Waals surface area (Å²) in [7, 11) is 0. The quantitative estimate of drug-likeness (QED) is 0.849. The molecule has 1 atom stereocenters. The van der Waals surface area contributed by atoms with Gasteiger partial charge in [-0.2, -0.15) is 0 Å². The number of para-hydroxylation sites is 1. The van der Waals surface area contributed by atoms with Crippen LogP contribution in [0.3, 0.4) is 0 Å². The van der Waals surface area contributed by atoms with E-state index in [1.165, 1.54) is 11.3 Å². The van der Waals surface area contributed by atoms with E-state index in [0.29, 0.717) is 16.9 Å². The second kappa shape index (κ2) is 8.45. The van der Waals surface area contributed by atoms with Gasteiger partial charge in [0.25, 0.3) is 11.8 Å². The van der Waals surface area contributed by atoms with Crippen LogP contribution in [0.25, 0.3) is 0 Å². The molecule has 2 amide bonds. The second-order valence-corrected chi connectivity index (χ2v) is 7.66. The fraction of sp³-hybridized carbons (Fsp3) is 0.450. The number of piperidine rings is 1. The Hall–Kier alpha value is -2.21. The van der Waals surface area contributed by atoms with Crippen LogP contribution in [-0.2, 0) is 6.42 Å². The highest BCUT2D eigenvalue weighted by molar-refractivity contribution is 7.09. The largest absolute Gasteiger partial charge is 0.336 e. The zero-order chi connectivity index (χ0) is 18.5. The molecule has 138 valence electrons. The van der Waals surface area contributed by atoms with Crippen LogP contribution in [0.15, 0.2) is 29.6 Å². The summed E-state index contributed by atoms with van der Waals surface area (Å²) < 4.78 is 0. The van der Waals surface area contributed by atoms with Crippen molar-refractivity contribution >= 4 is 28.8 Å². The van der Waals surface area contributed by atoms with Gasteiger partial charge < -0.3 is 10.2 Å². The molecule has 1 fully saturated rings. The van der Waals surface area contributed by atoms with E-state index >= 15 is 0 Å². The molecular weight excluding hydrogens is 346 g/mol. The lowest BCUT2D eigenvalue weighted by molar-refractivity contribution is 0.0636. The molecule has 2 aromatic rings. The van der Waals surface area contributed by atoms with Gasteiger partial charge in [-0.1, -0.05) is 19.1 Å². The number of benzene rings is 1. The molecule has 0 aliphatic carbocycles. The van der Waals surface area contributed by atoms with Crippen molar-refractivity contribution in [2.45, 2.75) is 52.0 Å². The summed E-state index contributed by atoms with van der Waals surface area (Å²) in [6.45, 7) is 4.95. The van der Waals surface area contributed by atoms with Crippen molar-refractivity contribution in [3.63, 3.8) is 0 Å². The Morgan fingerprint density at radius 2 is 2.12 bits per heavy atom. The predicted molar refractivity (Wildman–Crippen MR) is 105 cm³/mol. The number of thiazole rings is 1. The van der Waals surface area contributed by atoms with E-state index in [0.717, 1.165) is 43.7 Å². The van der Waals surface area contributed by atoms with Crippen molar-refractivity contribution in [2.75, 3.05) is 11.9 Å². The minimum absolute atomic E-state index is 0.0157. The third kappa shape index (κ3) is 4.12. The van der Waals surface area contributed by atoms with Crippen LogP contribution in [0.2, 0.25) is 0 Å². The van der Waals surface area contributed by atoms with Crippen LogP contribution in [0.4, 0.5) is 5.69 Å². The normalized spacial score (nSPS) is 17.2. The molecule has 1 aromatic carbocycles. The van der Waals surface area contributed by atoms with E-state index in [1.54, 1.807) is 17.5 Å². The molecule has 0 saturated carbocycles. The Bertz CT molecular complexity index is 787. The molecule has 1 aromatic heterocycles. The van der Waals surface area contributed by atoms with E-state index in [-0.39, 0.29) is 17.9 Å². The first-order chi connectivity index (χ1) is 12.6. The Labute approximate surface area is 158 Å². The maximum atomic E-state index is 13.0. The van der Waals surface area contributed by atoms with Gasteiger partial charge >= 0.3 is 0 Å². The molecule has 0 bridgehead atoms. The van der Waals surface area contributed by atoms with Crippen molar-refractivity contribution in [3.8, 4) is 0 Å². The number of anilines is 1. The summed E-state index contributed by atoms with van der Waals surface area (Å²) in [5.74, 6) is -0.284. The summed E-state index contributed by atoms with van der Waals surface area (Å²) in [5, 5.41) is 5.61. The molecule has 0 spiro atoms. The van der Waals surface area contributed by atoms with Gasteiger partial charge in [-0.05, 0) is 51.2 Å². The maximum Gasteiger partial charge on any atom is 0.275 e. The zero-order valence-electron chi connectivity index (χ0n) is 15.3. The lowest BCUT2D eigenvalue weighted by Gasteiger charge is -2.33. The van der Waals surface area contributed by atoms with Gasteiger partial charge in [0.2, 0.25) is 0 Å². The predicted octanol–water partition coefficient (Wildman–Crippen LogP) is 4.36. The van der Waals surface area contributed by atoms with Gasteiger partial charge in [0.1, 0.15) is 5.69 Å². The number of hydrogen-bond donors (Lipinski definition) is 1. The molecule has 1 aliphatic heterocycles. The summed E-state index contributed by atoms with van der Waals surface area (Å²) in [4.78, 5) is 31.9. The molecule has 6 heteroatoms. The molecule has 3 rings (SSSR count). The highest BCUT2D eigenvalue weighted by atomic mass is 32.1. The Morgan fingerprint density at radius 3 is 2.88 bits per heavy atom. The molecule has 5 nitrogen and oxygen atoms in total. The summed E-state index contributed by atoms with van der Waals surface area (Å²) in [5.41, 5.74) is 1.50. The van der Waals surface area contributed by atoms with Gasteiger partial charge in [0.15, 0.2) is 0 Å². The van der Waals surface area contributed by atoms with Gasteiger partial charge in [0.05, 0.1) is 16.3 Å². The number of nitrogens with one attached hydrogen (secondary N) is 1. The fourth-order valence-corrected chi connectivity index (χ4v) is 4.14. The van der Waals surface area contributed by atoms with Crippen molar-refractivity contribution in [1.29, 1.82) is 0 Å². The molecule has 1 aliphatic rings. The topological polar surface area (TPSA) is 62.3 Å². The third-order valence-corrected chi connectivity index (χ3v) is 5.63. The maximum absolute atomic E-state index is 13.0. The van der Waals surface area contributed by atoms with Gasteiger partial charge in [0, 0.05) is 18.0 Å². The lowest BCUT2D eigenvalue weighted by atomic mass is 10.0. The first-order valence-electron chi connectivity index (χ1n) is 9.26. The number of aromatic nitrogens is 1. The number of carbonyl (C=O) groups excluding carboxylic acids is 2. The van der Waals surface area contributed by atoms with E-state index in [1.807, 2.05) is 17.0 Å². The molecule has 1 saturated heterocycles. The van der Waals surface area contributed by atoms with Gasteiger partial charge in [-0.25, -0.2) is 4.98 Å². The van der Waals surface area contributed by atoms with Crippen LogP contribution >= 0.6 is 11.3 Å². The first-order valence-corrected chi connectivity index (χ1v) is 10.1. The van der Waals surface area contributed by atoms with Gasteiger partial charge in [-0.15, -0.1) is 11.3 Å². The molecule has 1 unspecified atom stereocenters. The van der Waals surface area contributed by atoms with Crippen molar-refractivity contribution < 1.29 is 9.59 Å². The lowest BCUT2D eigenvalue weighted by Crippen LogP contribution is -2.42. The molecule has 26 heavy (non-hydrogen) atoms. The molecule has 1 N–H and O–H groups in total. The van der Waals surface area contributed by atoms with Crippen LogP contribution in [0, 0.1) is 0 Å². The highest BCUT2D eigenvalue weighted by Gasteiger charge is 2.26. The Balaban J connectivity index is 1.78. The summed E-state index contributed by atoms with van der Waals surface area (Å²) >= 11 is 1.50. The minimum Gasteiger partial charge on any atom is -0.336 e. The van der Waals surface area contributed by atoms with Crippen LogP contribution < -0.4 is 5.32 Å². The first kappa shape index (κ1) is 18.6.